The van der Waals surface area contributed by atoms with Crippen LogP contribution < -0.4 is 20.9 Å². The van der Waals surface area contributed by atoms with Crippen molar-refractivity contribution in [2.75, 3.05) is 19.6 Å². The fourth-order valence-electron chi connectivity index (χ4n) is 3.58. The highest BCUT2D eigenvalue weighted by molar-refractivity contribution is 6.34. The molecule has 0 bridgehead atoms. The molecule has 1 aromatic carbocycles. The van der Waals surface area contributed by atoms with Crippen LogP contribution in [0.1, 0.15) is 24.4 Å². The molecule has 0 aliphatic carbocycles. The van der Waals surface area contributed by atoms with Crippen LogP contribution in [0.5, 0.6) is 5.75 Å². The Kier molecular flexibility index (Phi) is 6.84. The molecule has 0 unspecified atom stereocenters. The van der Waals surface area contributed by atoms with E-state index in [0.717, 1.165) is 25.3 Å². The predicted molar refractivity (Wildman–Crippen MR) is 118 cm³/mol. The molecule has 7 nitrogen and oxygen atoms in total. The van der Waals surface area contributed by atoms with E-state index < -0.39 is 0 Å². The zero-order valence-electron chi connectivity index (χ0n) is 16.4. The summed E-state index contributed by atoms with van der Waals surface area (Å²) in [6, 6.07) is 6.64. The molecule has 0 saturated carbocycles. The number of nitrogens with one attached hydrogen (secondary N) is 3. The van der Waals surface area contributed by atoms with Gasteiger partial charge in [0.15, 0.2) is 0 Å². The van der Waals surface area contributed by atoms with Crippen molar-refractivity contribution in [3.05, 3.63) is 62.4 Å². The number of benzene rings is 1. The first-order valence-electron chi connectivity index (χ1n) is 9.96. The Balaban J connectivity index is 1.50. The van der Waals surface area contributed by atoms with Crippen molar-refractivity contribution in [1.29, 1.82) is 0 Å². The number of aromatic amines is 1. The van der Waals surface area contributed by atoms with Crippen LogP contribution in [0.2, 0.25) is 10.0 Å². The van der Waals surface area contributed by atoms with Crippen molar-refractivity contribution < 1.29 is 4.74 Å². The van der Waals surface area contributed by atoms with Gasteiger partial charge in [-0.25, -0.2) is 4.98 Å². The van der Waals surface area contributed by atoms with Gasteiger partial charge < -0.3 is 20.4 Å². The number of piperidine rings is 1. The summed E-state index contributed by atoms with van der Waals surface area (Å²) < 4.78 is 5.72. The molecule has 1 aliphatic heterocycles. The molecule has 1 saturated heterocycles. The Labute approximate surface area is 184 Å². The number of rotatable bonds is 7. The second-order valence-corrected chi connectivity index (χ2v) is 8.20. The minimum absolute atomic E-state index is 0.0576. The Morgan fingerprint density at radius 3 is 2.87 bits per heavy atom. The monoisotopic (exact) mass is 447 g/mol. The van der Waals surface area contributed by atoms with Gasteiger partial charge in [-0.1, -0.05) is 23.2 Å². The van der Waals surface area contributed by atoms with E-state index in [4.69, 9.17) is 27.9 Å². The number of hydrogen-bond acceptors (Lipinski definition) is 6. The number of ether oxygens (including phenoxy) is 1. The zero-order chi connectivity index (χ0) is 20.9. The number of hydrogen-bond donors (Lipinski definition) is 3. The molecule has 1 fully saturated rings. The van der Waals surface area contributed by atoms with Gasteiger partial charge in [0.05, 0.1) is 16.1 Å². The van der Waals surface area contributed by atoms with Gasteiger partial charge in [0.25, 0.3) is 5.56 Å². The van der Waals surface area contributed by atoms with E-state index in [2.05, 4.69) is 25.6 Å². The van der Waals surface area contributed by atoms with E-state index in [-0.39, 0.29) is 12.2 Å². The normalized spacial score (nSPS) is 14.9. The van der Waals surface area contributed by atoms with Crippen molar-refractivity contribution in [2.45, 2.75) is 26.0 Å². The molecule has 158 valence electrons. The zero-order valence-corrected chi connectivity index (χ0v) is 17.9. The first kappa shape index (κ1) is 21.1. The lowest BCUT2D eigenvalue weighted by Crippen LogP contribution is -2.33. The minimum atomic E-state index is -0.224. The molecule has 3 heterocycles. The van der Waals surface area contributed by atoms with Crippen molar-refractivity contribution in [1.82, 2.24) is 25.6 Å². The lowest BCUT2D eigenvalue weighted by molar-refractivity contribution is 0.296. The van der Waals surface area contributed by atoms with Crippen LogP contribution in [0.3, 0.4) is 0 Å². The summed E-state index contributed by atoms with van der Waals surface area (Å²) in [5.74, 6) is 1.49. The van der Waals surface area contributed by atoms with E-state index in [1.54, 1.807) is 30.5 Å². The maximum absolute atomic E-state index is 12.6. The van der Waals surface area contributed by atoms with Gasteiger partial charge >= 0.3 is 0 Å². The van der Waals surface area contributed by atoms with Crippen LogP contribution in [-0.2, 0) is 13.2 Å². The van der Waals surface area contributed by atoms with Crippen LogP contribution in [0, 0.1) is 5.92 Å². The molecule has 1 aliphatic rings. The summed E-state index contributed by atoms with van der Waals surface area (Å²) >= 11 is 12.1. The summed E-state index contributed by atoms with van der Waals surface area (Å²) in [6.45, 7) is 3.66. The van der Waals surface area contributed by atoms with Crippen LogP contribution >= 0.6 is 23.2 Å². The van der Waals surface area contributed by atoms with Crippen molar-refractivity contribution in [3.63, 3.8) is 0 Å². The smallest absolute Gasteiger partial charge is 0.258 e. The molecule has 3 N–H and O–H groups in total. The summed E-state index contributed by atoms with van der Waals surface area (Å²) in [7, 11) is 0. The molecule has 4 rings (SSSR count). The topological polar surface area (TPSA) is 91.9 Å². The number of H-pyrrole nitrogens is 1. The van der Waals surface area contributed by atoms with Crippen LogP contribution in [0.25, 0.3) is 10.9 Å². The summed E-state index contributed by atoms with van der Waals surface area (Å²) in [5, 5.41) is 8.30. The second-order valence-electron chi connectivity index (χ2n) is 7.35. The molecule has 0 atom stereocenters. The number of halogens is 2. The number of nitrogens with zero attached hydrogens (tertiary/aromatic N) is 2. The van der Waals surface area contributed by atoms with E-state index in [1.807, 2.05) is 0 Å². The standard InChI is InChI=1S/C21H23Cl2N5O2/c22-14-1-2-16(23)18(9-14)30-12-19-27-20-15(21(29)28-19)5-8-26-17(20)11-25-10-13-3-6-24-7-4-13/h1-2,5,8-9,13,24-25H,3-4,6-7,10-12H2,(H,27,28,29). The van der Waals surface area contributed by atoms with Gasteiger partial charge in [0, 0.05) is 23.8 Å². The first-order valence-corrected chi connectivity index (χ1v) is 10.7. The Morgan fingerprint density at radius 2 is 2.03 bits per heavy atom. The average molecular weight is 448 g/mol. The van der Waals surface area contributed by atoms with Crippen LogP contribution in [0.15, 0.2) is 35.3 Å². The molecule has 0 radical (unpaired) electrons. The molecule has 9 heteroatoms. The Morgan fingerprint density at radius 1 is 1.20 bits per heavy atom. The van der Waals surface area contributed by atoms with Crippen molar-refractivity contribution in [3.8, 4) is 5.75 Å². The highest BCUT2D eigenvalue weighted by Gasteiger charge is 2.14. The maximum Gasteiger partial charge on any atom is 0.258 e. The SMILES string of the molecule is O=c1[nH]c(COc2cc(Cl)ccc2Cl)nc2c(CNCC3CCNCC3)nccc12. The number of fused-ring (bicyclic) bond motifs is 1. The summed E-state index contributed by atoms with van der Waals surface area (Å²) in [6.07, 6.45) is 3.98. The molecule has 0 spiro atoms. The van der Waals surface area contributed by atoms with Crippen LogP contribution in [0.4, 0.5) is 0 Å². The molecule has 0 amide bonds. The summed E-state index contributed by atoms with van der Waals surface area (Å²) in [4.78, 5) is 24.4. The maximum atomic E-state index is 12.6. The minimum Gasteiger partial charge on any atom is -0.484 e. The number of aromatic nitrogens is 3. The molecule has 2 aromatic heterocycles. The lowest BCUT2D eigenvalue weighted by Gasteiger charge is -2.22. The van der Waals surface area contributed by atoms with E-state index in [0.29, 0.717) is 45.0 Å². The van der Waals surface area contributed by atoms with Gasteiger partial charge in [-0.2, -0.15) is 0 Å². The molecular formula is C21H23Cl2N5O2. The van der Waals surface area contributed by atoms with Gasteiger partial charge in [-0.3, -0.25) is 9.78 Å². The Bertz CT molecular complexity index is 1080. The average Bonchev–Trinajstić information content (AvgIpc) is 2.75. The molecular weight excluding hydrogens is 425 g/mol. The second kappa shape index (κ2) is 9.75. The fraction of sp³-hybridized carbons (Fsp3) is 0.381. The van der Waals surface area contributed by atoms with Crippen molar-refractivity contribution in [2.24, 2.45) is 5.92 Å². The Hall–Kier alpha value is -2.19. The largest absolute Gasteiger partial charge is 0.484 e. The van der Waals surface area contributed by atoms with Gasteiger partial charge in [0.1, 0.15) is 23.7 Å². The molecule has 3 aromatic rings. The van der Waals surface area contributed by atoms with Crippen LogP contribution in [-0.4, -0.2) is 34.6 Å². The highest BCUT2D eigenvalue weighted by Crippen LogP contribution is 2.28. The molecule has 30 heavy (non-hydrogen) atoms. The predicted octanol–water partition coefficient (Wildman–Crippen LogP) is 3.29. The summed E-state index contributed by atoms with van der Waals surface area (Å²) in [5.41, 5.74) is 1.10. The third kappa shape index (κ3) is 5.10. The number of pyridine rings is 1. The van der Waals surface area contributed by atoms with E-state index in [1.165, 1.54) is 12.8 Å². The third-order valence-corrected chi connectivity index (χ3v) is 5.74. The van der Waals surface area contributed by atoms with Crippen molar-refractivity contribution >= 4 is 34.1 Å². The van der Waals surface area contributed by atoms with Gasteiger partial charge in [0.2, 0.25) is 0 Å². The third-order valence-electron chi connectivity index (χ3n) is 5.19. The quantitative estimate of drug-likeness (QED) is 0.514. The van der Waals surface area contributed by atoms with Gasteiger partial charge in [-0.05, 0) is 56.6 Å². The van der Waals surface area contributed by atoms with E-state index in [9.17, 15) is 4.79 Å². The highest BCUT2D eigenvalue weighted by atomic mass is 35.5. The fourth-order valence-corrected chi connectivity index (χ4v) is 3.91. The van der Waals surface area contributed by atoms with E-state index >= 15 is 0 Å². The van der Waals surface area contributed by atoms with Gasteiger partial charge in [-0.15, -0.1) is 0 Å². The lowest BCUT2D eigenvalue weighted by atomic mass is 9.98. The first-order chi connectivity index (χ1) is 14.6.